The van der Waals surface area contributed by atoms with Gasteiger partial charge in [-0.3, -0.25) is 4.99 Å². The van der Waals surface area contributed by atoms with E-state index in [1.807, 2.05) is 11.8 Å². The van der Waals surface area contributed by atoms with Crippen molar-refractivity contribution in [2.75, 3.05) is 12.3 Å². The van der Waals surface area contributed by atoms with E-state index in [0.29, 0.717) is 11.5 Å². The van der Waals surface area contributed by atoms with Crippen LogP contribution in [-0.4, -0.2) is 23.5 Å². The van der Waals surface area contributed by atoms with Gasteiger partial charge in [0.15, 0.2) is 5.17 Å². The molecule has 1 spiro atoms. The van der Waals surface area contributed by atoms with E-state index in [0.717, 1.165) is 12.5 Å². The second-order valence-corrected chi connectivity index (χ2v) is 7.95. The van der Waals surface area contributed by atoms with Crippen molar-refractivity contribution in [1.29, 1.82) is 0 Å². The van der Waals surface area contributed by atoms with Crippen LogP contribution in [-0.2, 0) is 0 Å². The fourth-order valence-electron chi connectivity index (χ4n) is 3.11. The highest BCUT2D eigenvalue weighted by Crippen LogP contribution is 2.41. The maximum atomic E-state index is 4.84. The van der Waals surface area contributed by atoms with Gasteiger partial charge < -0.3 is 5.32 Å². The summed E-state index contributed by atoms with van der Waals surface area (Å²) in [6.07, 6.45) is 9.64. The Bertz CT molecular complexity index is 306. The van der Waals surface area contributed by atoms with Crippen molar-refractivity contribution in [1.82, 2.24) is 5.32 Å². The molecule has 0 aromatic heterocycles. The summed E-state index contributed by atoms with van der Waals surface area (Å²) in [5.41, 5.74) is 0.551. The Morgan fingerprint density at radius 3 is 2.47 bits per heavy atom. The van der Waals surface area contributed by atoms with E-state index in [4.69, 9.17) is 4.99 Å². The molecule has 110 valence electrons. The van der Waals surface area contributed by atoms with Gasteiger partial charge in [0.25, 0.3) is 0 Å². The van der Waals surface area contributed by atoms with E-state index in [9.17, 15) is 0 Å². The molecule has 19 heavy (non-hydrogen) atoms. The van der Waals surface area contributed by atoms with E-state index in [-0.39, 0.29) is 0 Å². The van der Waals surface area contributed by atoms with Crippen molar-refractivity contribution >= 4 is 16.9 Å². The molecule has 2 nitrogen and oxygen atoms in total. The molecule has 3 heteroatoms. The van der Waals surface area contributed by atoms with Crippen LogP contribution in [0.15, 0.2) is 4.99 Å². The summed E-state index contributed by atoms with van der Waals surface area (Å²) in [5.74, 6) is 2.09. The van der Waals surface area contributed by atoms with Crippen molar-refractivity contribution in [3.05, 3.63) is 0 Å². The average Bonchev–Trinajstić information content (AvgIpc) is 2.40. The van der Waals surface area contributed by atoms with Crippen LogP contribution in [0.2, 0.25) is 0 Å². The standard InChI is InChI=1S/C16H30N2S/c1-13(2)7-8-14(3)18-15-17-11-16(12-19-15)9-5-4-6-10-16/h13-14H,4-12H2,1-3H3,(H,17,18). The maximum absolute atomic E-state index is 4.84. The van der Waals surface area contributed by atoms with Gasteiger partial charge in [0.2, 0.25) is 0 Å². The second-order valence-electron chi connectivity index (χ2n) is 6.99. The van der Waals surface area contributed by atoms with Gasteiger partial charge in [0, 0.05) is 18.3 Å². The summed E-state index contributed by atoms with van der Waals surface area (Å²) in [6.45, 7) is 7.95. The van der Waals surface area contributed by atoms with Crippen LogP contribution in [0.4, 0.5) is 0 Å². The molecule has 0 saturated heterocycles. The van der Waals surface area contributed by atoms with Crippen LogP contribution >= 0.6 is 11.8 Å². The highest BCUT2D eigenvalue weighted by Gasteiger charge is 2.34. The number of hydrogen-bond acceptors (Lipinski definition) is 3. The van der Waals surface area contributed by atoms with Crippen LogP contribution in [0, 0.1) is 11.3 Å². The summed E-state index contributed by atoms with van der Waals surface area (Å²) in [6, 6.07) is 0.564. The van der Waals surface area contributed by atoms with E-state index in [1.54, 1.807) is 0 Å². The number of nitrogens with zero attached hydrogens (tertiary/aromatic N) is 1. The summed E-state index contributed by atoms with van der Waals surface area (Å²) >= 11 is 1.97. The molecule has 2 rings (SSSR count). The SMILES string of the molecule is CC(C)CCC(C)NC1=NCC2(CCCCC2)CS1. The maximum Gasteiger partial charge on any atom is 0.156 e. The highest BCUT2D eigenvalue weighted by molar-refractivity contribution is 8.13. The van der Waals surface area contributed by atoms with Crippen LogP contribution in [0.1, 0.15) is 65.7 Å². The van der Waals surface area contributed by atoms with Gasteiger partial charge in [-0.15, -0.1) is 0 Å². The lowest BCUT2D eigenvalue weighted by molar-refractivity contribution is 0.232. The predicted molar refractivity (Wildman–Crippen MR) is 86.9 cm³/mol. The van der Waals surface area contributed by atoms with E-state index < -0.39 is 0 Å². The molecule has 0 aromatic carbocycles. The lowest BCUT2D eigenvalue weighted by Crippen LogP contribution is -2.39. The Morgan fingerprint density at radius 2 is 1.89 bits per heavy atom. The largest absolute Gasteiger partial charge is 0.362 e. The summed E-state index contributed by atoms with van der Waals surface area (Å²) in [4.78, 5) is 4.84. The molecule has 0 amide bonds. The van der Waals surface area contributed by atoms with Crippen molar-refractivity contribution in [3.63, 3.8) is 0 Å². The number of amidine groups is 1. The number of hydrogen-bond donors (Lipinski definition) is 1. The topological polar surface area (TPSA) is 24.4 Å². The van der Waals surface area contributed by atoms with Crippen molar-refractivity contribution in [3.8, 4) is 0 Å². The summed E-state index contributed by atoms with van der Waals surface area (Å²) in [5, 5.41) is 4.81. The fraction of sp³-hybridized carbons (Fsp3) is 0.938. The van der Waals surface area contributed by atoms with Crippen molar-refractivity contribution < 1.29 is 0 Å². The van der Waals surface area contributed by atoms with Gasteiger partial charge in [-0.2, -0.15) is 0 Å². The Kier molecular flexibility index (Phi) is 5.61. The Hall–Kier alpha value is -0.180. The monoisotopic (exact) mass is 282 g/mol. The third kappa shape index (κ3) is 4.70. The van der Waals surface area contributed by atoms with Crippen molar-refractivity contribution in [2.24, 2.45) is 16.3 Å². The Balaban J connectivity index is 1.77. The second kappa shape index (κ2) is 7.01. The van der Waals surface area contributed by atoms with Crippen LogP contribution in [0.25, 0.3) is 0 Å². The molecule has 1 saturated carbocycles. The fourth-order valence-corrected chi connectivity index (χ4v) is 4.37. The predicted octanol–water partition coefficient (Wildman–Crippen LogP) is 4.45. The molecule has 0 aromatic rings. The zero-order valence-corrected chi connectivity index (χ0v) is 13.7. The third-order valence-electron chi connectivity index (χ3n) is 4.53. The molecule has 1 atom stereocenters. The van der Waals surface area contributed by atoms with Gasteiger partial charge in [0.1, 0.15) is 0 Å². The molecule has 0 bridgehead atoms. The van der Waals surface area contributed by atoms with Crippen LogP contribution in [0.5, 0.6) is 0 Å². The zero-order valence-electron chi connectivity index (χ0n) is 12.9. The first-order valence-electron chi connectivity index (χ1n) is 8.03. The molecule has 1 aliphatic heterocycles. The highest BCUT2D eigenvalue weighted by atomic mass is 32.2. The minimum Gasteiger partial charge on any atom is -0.362 e. The van der Waals surface area contributed by atoms with Gasteiger partial charge in [0.05, 0.1) is 0 Å². The molecular weight excluding hydrogens is 252 g/mol. The quantitative estimate of drug-likeness (QED) is 0.823. The summed E-state index contributed by atoms with van der Waals surface area (Å²) in [7, 11) is 0. The minimum atomic E-state index is 0.551. The molecule has 1 aliphatic carbocycles. The van der Waals surface area contributed by atoms with Gasteiger partial charge >= 0.3 is 0 Å². The molecule has 1 heterocycles. The molecule has 1 fully saturated rings. The normalized spacial score (nSPS) is 24.3. The average molecular weight is 282 g/mol. The molecule has 0 radical (unpaired) electrons. The van der Waals surface area contributed by atoms with Gasteiger partial charge in [-0.25, -0.2) is 0 Å². The Morgan fingerprint density at radius 1 is 1.16 bits per heavy atom. The van der Waals surface area contributed by atoms with Gasteiger partial charge in [-0.1, -0.05) is 44.9 Å². The lowest BCUT2D eigenvalue weighted by atomic mass is 9.75. The zero-order chi connectivity index (χ0) is 13.7. The first-order valence-corrected chi connectivity index (χ1v) is 9.02. The number of thioether (sulfide) groups is 1. The minimum absolute atomic E-state index is 0.551. The molecule has 1 N–H and O–H groups in total. The number of nitrogens with one attached hydrogen (secondary N) is 1. The van der Waals surface area contributed by atoms with Crippen LogP contribution in [0.3, 0.4) is 0 Å². The first kappa shape index (κ1) is 15.2. The molecule has 1 unspecified atom stereocenters. The number of rotatable bonds is 4. The Labute approximate surface area is 123 Å². The van der Waals surface area contributed by atoms with Gasteiger partial charge in [-0.05, 0) is 43.9 Å². The van der Waals surface area contributed by atoms with E-state index >= 15 is 0 Å². The lowest BCUT2D eigenvalue weighted by Gasteiger charge is -2.38. The first-order chi connectivity index (χ1) is 9.10. The molecule has 2 aliphatic rings. The van der Waals surface area contributed by atoms with E-state index in [1.165, 1.54) is 55.9 Å². The van der Waals surface area contributed by atoms with E-state index in [2.05, 4.69) is 26.1 Å². The smallest absolute Gasteiger partial charge is 0.156 e. The number of aliphatic imine (C=N–C) groups is 1. The van der Waals surface area contributed by atoms with Crippen molar-refractivity contribution in [2.45, 2.75) is 71.8 Å². The molecular formula is C16H30N2S. The summed E-state index contributed by atoms with van der Waals surface area (Å²) < 4.78 is 0. The third-order valence-corrected chi connectivity index (χ3v) is 5.81. The van der Waals surface area contributed by atoms with Crippen LogP contribution < -0.4 is 5.32 Å².